The SMILES string of the molecule is NC(=O)CN(C(=O)COC1CCNCC1)C1CCCC1. The molecule has 0 spiro atoms. The topological polar surface area (TPSA) is 84.7 Å². The van der Waals surface area contributed by atoms with Gasteiger partial charge in [0.25, 0.3) is 0 Å². The highest BCUT2D eigenvalue weighted by atomic mass is 16.5. The highest BCUT2D eigenvalue weighted by Crippen LogP contribution is 2.23. The molecule has 0 aromatic rings. The number of primary amides is 1. The molecule has 0 atom stereocenters. The minimum Gasteiger partial charge on any atom is -0.368 e. The normalized spacial score (nSPS) is 21.0. The lowest BCUT2D eigenvalue weighted by Gasteiger charge is -2.29. The largest absolute Gasteiger partial charge is 0.368 e. The van der Waals surface area contributed by atoms with Crippen LogP contribution in [0.15, 0.2) is 0 Å². The van der Waals surface area contributed by atoms with E-state index < -0.39 is 5.91 Å². The zero-order valence-electron chi connectivity index (χ0n) is 12.0. The summed E-state index contributed by atoms with van der Waals surface area (Å²) in [6, 6.07) is 0.159. The summed E-state index contributed by atoms with van der Waals surface area (Å²) >= 11 is 0. The third-order valence-corrected chi connectivity index (χ3v) is 4.14. The van der Waals surface area contributed by atoms with Gasteiger partial charge in [-0.25, -0.2) is 0 Å². The number of ether oxygens (including phenoxy) is 1. The molecule has 3 N–H and O–H groups in total. The fourth-order valence-electron chi connectivity index (χ4n) is 3.04. The van der Waals surface area contributed by atoms with E-state index in [4.69, 9.17) is 10.5 Å². The van der Waals surface area contributed by atoms with Crippen LogP contribution < -0.4 is 11.1 Å². The van der Waals surface area contributed by atoms with Crippen molar-refractivity contribution >= 4 is 11.8 Å². The Labute approximate surface area is 120 Å². The Kier molecular flexibility index (Phi) is 5.79. The second-order valence-electron chi connectivity index (χ2n) is 5.69. The van der Waals surface area contributed by atoms with E-state index in [0.29, 0.717) is 0 Å². The molecule has 0 unspecified atom stereocenters. The van der Waals surface area contributed by atoms with Gasteiger partial charge in [0, 0.05) is 6.04 Å². The van der Waals surface area contributed by atoms with Crippen LogP contribution in [0.3, 0.4) is 0 Å². The standard InChI is InChI=1S/C14H25N3O3/c15-13(18)9-17(11-3-1-2-4-11)14(19)10-20-12-5-7-16-8-6-12/h11-12,16H,1-10H2,(H2,15,18). The van der Waals surface area contributed by atoms with Gasteiger partial charge in [-0.2, -0.15) is 0 Å². The molecule has 2 rings (SSSR count). The summed E-state index contributed by atoms with van der Waals surface area (Å²) in [7, 11) is 0. The molecule has 1 saturated carbocycles. The summed E-state index contributed by atoms with van der Waals surface area (Å²) in [4.78, 5) is 25.1. The Morgan fingerprint density at radius 2 is 1.80 bits per heavy atom. The van der Waals surface area contributed by atoms with Crippen molar-refractivity contribution in [3.63, 3.8) is 0 Å². The smallest absolute Gasteiger partial charge is 0.249 e. The molecular weight excluding hydrogens is 258 g/mol. The van der Waals surface area contributed by atoms with Crippen molar-refractivity contribution in [2.45, 2.75) is 50.7 Å². The fraction of sp³-hybridized carbons (Fsp3) is 0.857. The number of nitrogens with one attached hydrogen (secondary N) is 1. The molecule has 6 nitrogen and oxygen atoms in total. The molecule has 0 radical (unpaired) electrons. The average Bonchev–Trinajstić information content (AvgIpc) is 2.97. The molecule has 1 aliphatic carbocycles. The van der Waals surface area contributed by atoms with Gasteiger partial charge < -0.3 is 20.7 Å². The lowest BCUT2D eigenvalue weighted by atomic mass is 10.1. The first-order valence-electron chi connectivity index (χ1n) is 7.57. The Hall–Kier alpha value is -1.14. The van der Waals surface area contributed by atoms with Crippen LogP contribution >= 0.6 is 0 Å². The fourth-order valence-corrected chi connectivity index (χ4v) is 3.04. The molecular formula is C14H25N3O3. The number of nitrogens with zero attached hydrogens (tertiary/aromatic N) is 1. The summed E-state index contributed by atoms with van der Waals surface area (Å²) in [6.07, 6.45) is 6.18. The van der Waals surface area contributed by atoms with Crippen molar-refractivity contribution in [3.05, 3.63) is 0 Å². The summed E-state index contributed by atoms with van der Waals surface area (Å²) in [6.45, 7) is 1.95. The van der Waals surface area contributed by atoms with Gasteiger partial charge in [-0.1, -0.05) is 12.8 Å². The molecule has 20 heavy (non-hydrogen) atoms. The van der Waals surface area contributed by atoms with E-state index in [-0.39, 0.29) is 31.2 Å². The van der Waals surface area contributed by atoms with E-state index in [1.807, 2.05) is 0 Å². The number of nitrogens with two attached hydrogens (primary N) is 1. The second-order valence-corrected chi connectivity index (χ2v) is 5.69. The number of carbonyl (C=O) groups is 2. The average molecular weight is 283 g/mol. The van der Waals surface area contributed by atoms with Gasteiger partial charge in [0.1, 0.15) is 6.61 Å². The lowest BCUT2D eigenvalue weighted by molar-refractivity contribution is -0.143. The lowest BCUT2D eigenvalue weighted by Crippen LogP contribution is -2.46. The van der Waals surface area contributed by atoms with Crippen molar-refractivity contribution in [1.82, 2.24) is 10.2 Å². The van der Waals surface area contributed by atoms with Crippen molar-refractivity contribution in [3.8, 4) is 0 Å². The van der Waals surface area contributed by atoms with Crippen molar-refractivity contribution in [2.75, 3.05) is 26.2 Å². The van der Waals surface area contributed by atoms with Crippen LogP contribution in [-0.4, -0.2) is 55.1 Å². The molecule has 2 aliphatic rings. The van der Waals surface area contributed by atoms with E-state index >= 15 is 0 Å². The molecule has 1 aliphatic heterocycles. The van der Waals surface area contributed by atoms with Crippen molar-refractivity contribution < 1.29 is 14.3 Å². The van der Waals surface area contributed by atoms with Crippen LogP contribution in [0.4, 0.5) is 0 Å². The van der Waals surface area contributed by atoms with Gasteiger partial charge in [0.05, 0.1) is 12.6 Å². The number of amides is 2. The first kappa shape index (κ1) is 15.3. The summed E-state index contributed by atoms with van der Waals surface area (Å²) in [5, 5.41) is 3.26. The van der Waals surface area contributed by atoms with Gasteiger partial charge in [-0.3, -0.25) is 9.59 Å². The van der Waals surface area contributed by atoms with Crippen LogP contribution in [-0.2, 0) is 14.3 Å². The second kappa shape index (κ2) is 7.59. The van der Waals surface area contributed by atoms with Gasteiger partial charge >= 0.3 is 0 Å². The molecule has 6 heteroatoms. The maximum atomic E-state index is 12.3. The third kappa shape index (κ3) is 4.45. The molecule has 0 aromatic carbocycles. The number of hydrogen-bond acceptors (Lipinski definition) is 4. The monoisotopic (exact) mass is 283 g/mol. The van der Waals surface area contributed by atoms with Crippen LogP contribution in [0, 0.1) is 0 Å². The van der Waals surface area contributed by atoms with Crippen LogP contribution in [0.5, 0.6) is 0 Å². The molecule has 1 heterocycles. The molecule has 0 aromatic heterocycles. The summed E-state index contributed by atoms with van der Waals surface area (Å²) in [5.41, 5.74) is 5.26. The maximum Gasteiger partial charge on any atom is 0.249 e. The number of rotatable bonds is 6. The first-order valence-corrected chi connectivity index (χ1v) is 7.57. The van der Waals surface area contributed by atoms with E-state index in [2.05, 4.69) is 5.32 Å². The highest BCUT2D eigenvalue weighted by Gasteiger charge is 2.28. The summed E-state index contributed by atoms with van der Waals surface area (Å²) in [5.74, 6) is -0.554. The Morgan fingerprint density at radius 3 is 2.40 bits per heavy atom. The van der Waals surface area contributed by atoms with E-state index in [9.17, 15) is 9.59 Å². The van der Waals surface area contributed by atoms with E-state index in [1.165, 1.54) is 0 Å². The number of hydrogen-bond donors (Lipinski definition) is 2. The molecule has 1 saturated heterocycles. The Balaban J connectivity index is 1.83. The quantitative estimate of drug-likeness (QED) is 0.719. The molecule has 2 fully saturated rings. The van der Waals surface area contributed by atoms with Gasteiger partial charge in [0.15, 0.2) is 0 Å². The Bertz CT molecular complexity index is 337. The minimum absolute atomic E-state index is 0.0130. The van der Waals surface area contributed by atoms with Crippen LogP contribution in [0.1, 0.15) is 38.5 Å². The van der Waals surface area contributed by atoms with E-state index in [0.717, 1.165) is 51.6 Å². The number of piperidine rings is 1. The third-order valence-electron chi connectivity index (χ3n) is 4.14. The minimum atomic E-state index is -0.452. The molecule has 2 amide bonds. The predicted octanol–water partition coefficient (Wildman–Crippen LogP) is 0.0115. The molecule has 114 valence electrons. The highest BCUT2D eigenvalue weighted by molar-refractivity contribution is 5.84. The van der Waals surface area contributed by atoms with Gasteiger partial charge in [-0.15, -0.1) is 0 Å². The zero-order chi connectivity index (χ0) is 14.4. The van der Waals surface area contributed by atoms with Crippen molar-refractivity contribution in [2.24, 2.45) is 5.73 Å². The first-order chi connectivity index (χ1) is 9.66. The number of carbonyl (C=O) groups excluding carboxylic acids is 2. The van der Waals surface area contributed by atoms with Crippen LogP contribution in [0.25, 0.3) is 0 Å². The maximum absolute atomic E-state index is 12.3. The van der Waals surface area contributed by atoms with Gasteiger partial charge in [-0.05, 0) is 38.8 Å². The van der Waals surface area contributed by atoms with E-state index in [1.54, 1.807) is 4.90 Å². The van der Waals surface area contributed by atoms with Gasteiger partial charge in [0.2, 0.25) is 11.8 Å². The van der Waals surface area contributed by atoms with Crippen LogP contribution in [0.2, 0.25) is 0 Å². The molecule has 0 bridgehead atoms. The zero-order valence-corrected chi connectivity index (χ0v) is 12.0. The predicted molar refractivity (Wildman–Crippen MR) is 75.0 cm³/mol. The Morgan fingerprint density at radius 1 is 1.15 bits per heavy atom. The van der Waals surface area contributed by atoms with Crippen molar-refractivity contribution in [1.29, 1.82) is 0 Å². The summed E-state index contributed by atoms with van der Waals surface area (Å²) < 4.78 is 5.68.